The van der Waals surface area contributed by atoms with Crippen molar-refractivity contribution in [2.75, 3.05) is 12.3 Å². The van der Waals surface area contributed by atoms with Gasteiger partial charge in [0.1, 0.15) is 18.2 Å². The van der Waals surface area contributed by atoms with Crippen LogP contribution in [0.1, 0.15) is 6.92 Å². The molecule has 1 aromatic rings. The topological polar surface area (TPSA) is 35.2 Å². The van der Waals surface area contributed by atoms with Crippen molar-refractivity contribution in [1.29, 1.82) is 0 Å². The van der Waals surface area contributed by atoms with Gasteiger partial charge in [0.2, 0.25) is 0 Å². The molecule has 2 N–H and O–H groups in total. The van der Waals surface area contributed by atoms with Gasteiger partial charge in [-0.2, -0.15) is 0 Å². The Morgan fingerprint density at radius 3 is 2.93 bits per heavy atom. The van der Waals surface area contributed by atoms with Gasteiger partial charge in [0, 0.05) is 6.07 Å². The van der Waals surface area contributed by atoms with Gasteiger partial charge in [0.25, 0.3) is 0 Å². The Morgan fingerprint density at radius 2 is 2.29 bits per heavy atom. The summed E-state index contributed by atoms with van der Waals surface area (Å²) in [7, 11) is 0. The maximum atomic E-state index is 12.9. The molecule has 0 aromatic heterocycles. The Balaban J connectivity index is 2.85. The van der Waals surface area contributed by atoms with E-state index in [1.54, 1.807) is 6.92 Å². The smallest absolute Gasteiger partial charge is 0.149 e. The molecule has 0 amide bonds. The summed E-state index contributed by atoms with van der Waals surface area (Å²) < 4.78 is 18.0. The zero-order chi connectivity index (χ0) is 10.6. The van der Waals surface area contributed by atoms with Gasteiger partial charge in [-0.25, -0.2) is 4.39 Å². The summed E-state index contributed by atoms with van der Waals surface area (Å²) >= 11 is 5.71. The average Bonchev–Trinajstić information content (AvgIpc) is 2.14. The molecule has 0 radical (unpaired) electrons. The van der Waals surface area contributed by atoms with Crippen LogP contribution in [0.2, 0.25) is 5.02 Å². The Labute approximate surface area is 86.8 Å². The van der Waals surface area contributed by atoms with Crippen molar-refractivity contribution >= 4 is 17.3 Å². The van der Waals surface area contributed by atoms with Crippen molar-refractivity contribution in [3.8, 4) is 17.6 Å². The molecule has 0 aliphatic heterocycles. The van der Waals surface area contributed by atoms with Crippen LogP contribution in [0, 0.1) is 17.7 Å². The monoisotopic (exact) mass is 213 g/mol. The molecule has 4 heteroatoms. The van der Waals surface area contributed by atoms with Crippen LogP contribution in [-0.2, 0) is 0 Å². The Morgan fingerprint density at radius 1 is 1.57 bits per heavy atom. The predicted octanol–water partition coefficient (Wildman–Crippen LogP) is 2.46. The van der Waals surface area contributed by atoms with Gasteiger partial charge in [0.15, 0.2) is 0 Å². The first-order valence-electron chi connectivity index (χ1n) is 3.92. The van der Waals surface area contributed by atoms with Crippen LogP contribution < -0.4 is 10.5 Å². The van der Waals surface area contributed by atoms with Crippen LogP contribution in [0.3, 0.4) is 0 Å². The highest BCUT2D eigenvalue weighted by atomic mass is 35.5. The van der Waals surface area contributed by atoms with Crippen molar-refractivity contribution in [3.05, 3.63) is 23.0 Å². The van der Waals surface area contributed by atoms with Crippen molar-refractivity contribution in [1.82, 2.24) is 0 Å². The maximum Gasteiger partial charge on any atom is 0.149 e. The number of hydrogen-bond acceptors (Lipinski definition) is 2. The third kappa shape index (κ3) is 2.54. The minimum Gasteiger partial charge on any atom is -0.479 e. The second-order valence-electron chi connectivity index (χ2n) is 2.52. The highest BCUT2D eigenvalue weighted by Gasteiger charge is 2.06. The van der Waals surface area contributed by atoms with Crippen molar-refractivity contribution in [2.24, 2.45) is 0 Å². The first kappa shape index (κ1) is 10.7. The lowest BCUT2D eigenvalue weighted by Gasteiger charge is -2.06. The third-order valence-electron chi connectivity index (χ3n) is 1.53. The Hall–Kier alpha value is -1.40. The fraction of sp³-hybridized carbons (Fsp3) is 0.200. The highest BCUT2D eigenvalue weighted by molar-refractivity contribution is 6.32. The molecule has 0 saturated heterocycles. The van der Waals surface area contributed by atoms with Gasteiger partial charge < -0.3 is 10.5 Å². The minimum atomic E-state index is -0.552. The summed E-state index contributed by atoms with van der Waals surface area (Å²) in [6, 6.07) is 2.46. The Bertz CT molecular complexity index is 395. The third-order valence-corrected chi connectivity index (χ3v) is 1.82. The van der Waals surface area contributed by atoms with Crippen LogP contribution in [0.15, 0.2) is 12.1 Å². The van der Waals surface area contributed by atoms with E-state index >= 15 is 0 Å². The van der Waals surface area contributed by atoms with Gasteiger partial charge in [-0.3, -0.25) is 0 Å². The molecule has 0 aliphatic carbocycles. The maximum absolute atomic E-state index is 12.9. The molecule has 0 bridgehead atoms. The summed E-state index contributed by atoms with van der Waals surface area (Å²) in [5, 5.41) is 0.189. The molecular formula is C10H9ClFNO. The number of benzene rings is 1. The minimum absolute atomic E-state index is 0.00820. The summed E-state index contributed by atoms with van der Waals surface area (Å²) in [5.41, 5.74) is 5.35. The quantitative estimate of drug-likeness (QED) is 0.605. The molecule has 0 heterocycles. The van der Waals surface area contributed by atoms with Crippen LogP contribution >= 0.6 is 11.6 Å². The van der Waals surface area contributed by atoms with Crippen LogP contribution in [0.25, 0.3) is 0 Å². The van der Waals surface area contributed by atoms with Gasteiger partial charge >= 0.3 is 0 Å². The number of ether oxygens (including phenoxy) is 1. The molecule has 1 rings (SSSR count). The standard InChI is InChI=1S/C10H9ClFNO/c1-2-3-4-14-10-6-9(13)8(12)5-7(10)11/h5-6H,4,13H2,1H3. The number of halogens is 2. The SMILES string of the molecule is CC#CCOc1cc(N)c(F)cc1Cl. The second kappa shape index (κ2) is 4.73. The first-order valence-corrected chi connectivity index (χ1v) is 4.30. The van der Waals surface area contributed by atoms with Crippen molar-refractivity contribution in [2.45, 2.75) is 6.92 Å². The lowest BCUT2D eigenvalue weighted by Crippen LogP contribution is -1.97. The number of rotatable bonds is 2. The van der Waals surface area contributed by atoms with Crippen molar-refractivity contribution < 1.29 is 9.13 Å². The van der Waals surface area contributed by atoms with E-state index in [0.717, 1.165) is 6.07 Å². The predicted molar refractivity (Wildman–Crippen MR) is 54.8 cm³/mol. The largest absolute Gasteiger partial charge is 0.479 e. The van der Waals surface area contributed by atoms with E-state index in [2.05, 4.69) is 11.8 Å². The summed E-state index contributed by atoms with van der Waals surface area (Å²) in [5.74, 6) is 5.14. The van der Waals surface area contributed by atoms with Crippen LogP contribution in [0.5, 0.6) is 5.75 Å². The molecule has 1 aromatic carbocycles. The van der Waals surface area contributed by atoms with Gasteiger partial charge in [0.05, 0.1) is 10.7 Å². The van der Waals surface area contributed by atoms with Crippen LogP contribution in [0.4, 0.5) is 10.1 Å². The van der Waals surface area contributed by atoms with Gasteiger partial charge in [-0.15, -0.1) is 5.92 Å². The second-order valence-corrected chi connectivity index (χ2v) is 2.93. The molecule has 2 nitrogen and oxygen atoms in total. The molecule has 0 fully saturated rings. The van der Waals surface area contributed by atoms with E-state index in [1.165, 1.54) is 6.07 Å². The first-order chi connectivity index (χ1) is 6.65. The number of hydrogen-bond donors (Lipinski definition) is 1. The molecule has 0 spiro atoms. The molecule has 0 atom stereocenters. The van der Waals surface area contributed by atoms with E-state index in [9.17, 15) is 4.39 Å². The lowest BCUT2D eigenvalue weighted by molar-refractivity contribution is 0.370. The van der Waals surface area contributed by atoms with Gasteiger partial charge in [-0.05, 0) is 13.0 Å². The average molecular weight is 214 g/mol. The lowest BCUT2D eigenvalue weighted by atomic mass is 10.3. The summed E-state index contributed by atoms with van der Waals surface area (Å²) in [4.78, 5) is 0. The Kier molecular flexibility index (Phi) is 3.61. The molecule has 74 valence electrons. The summed E-state index contributed by atoms with van der Waals surface area (Å²) in [6.07, 6.45) is 0. The molecule has 0 unspecified atom stereocenters. The molecule has 0 saturated carbocycles. The number of anilines is 1. The summed E-state index contributed by atoms with van der Waals surface area (Å²) in [6.45, 7) is 1.91. The van der Waals surface area contributed by atoms with Crippen LogP contribution in [-0.4, -0.2) is 6.61 Å². The molecule has 14 heavy (non-hydrogen) atoms. The van der Waals surface area contributed by atoms with E-state index in [0.29, 0.717) is 5.75 Å². The van der Waals surface area contributed by atoms with E-state index in [4.69, 9.17) is 22.1 Å². The molecule has 0 aliphatic rings. The molecular weight excluding hydrogens is 205 g/mol. The van der Waals surface area contributed by atoms with Gasteiger partial charge in [-0.1, -0.05) is 17.5 Å². The fourth-order valence-electron chi connectivity index (χ4n) is 0.841. The van der Waals surface area contributed by atoms with E-state index < -0.39 is 5.82 Å². The van der Waals surface area contributed by atoms with E-state index in [1.807, 2.05) is 0 Å². The normalized spacial score (nSPS) is 9.07. The van der Waals surface area contributed by atoms with Crippen molar-refractivity contribution in [3.63, 3.8) is 0 Å². The highest BCUT2D eigenvalue weighted by Crippen LogP contribution is 2.28. The zero-order valence-corrected chi connectivity index (χ0v) is 8.36. The fourth-order valence-corrected chi connectivity index (χ4v) is 1.05. The van der Waals surface area contributed by atoms with E-state index in [-0.39, 0.29) is 17.3 Å². The number of nitrogens with two attached hydrogens (primary N) is 1. The zero-order valence-electron chi connectivity index (χ0n) is 7.60. The number of nitrogen functional groups attached to an aromatic ring is 1.